The van der Waals surface area contributed by atoms with Crippen LogP contribution in [0.2, 0.25) is 0 Å². The second kappa shape index (κ2) is 8.58. The Bertz CT molecular complexity index is 1360. The van der Waals surface area contributed by atoms with E-state index in [2.05, 4.69) is 30.2 Å². The van der Waals surface area contributed by atoms with E-state index < -0.39 is 0 Å². The van der Waals surface area contributed by atoms with Gasteiger partial charge in [-0.25, -0.2) is 19.7 Å². The minimum atomic E-state index is -0.0905. The highest BCUT2D eigenvalue weighted by Gasteiger charge is 2.23. The number of anilines is 2. The number of hydrogen-bond acceptors (Lipinski definition) is 9. The van der Waals surface area contributed by atoms with Crippen LogP contribution in [0, 0.1) is 6.92 Å². The Labute approximate surface area is 189 Å². The van der Waals surface area contributed by atoms with Crippen LogP contribution in [0.1, 0.15) is 24.4 Å². The van der Waals surface area contributed by atoms with Crippen LogP contribution in [0.5, 0.6) is 6.01 Å². The third-order valence-corrected chi connectivity index (χ3v) is 5.85. The lowest BCUT2D eigenvalue weighted by atomic mass is 10.1. The van der Waals surface area contributed by atoms with Crippen molar-refractivity contribution in [1.29, 1.82) is 0 Å². The topological polar surface area (TPSA) is 122 Å². The van der Waals surface area contributed by atoms with Gasteiger partial charge in [0.2, 0.25) is 5.95 Å². The molecule has 11 heteroatoms. The number of pyridine rings is 1. The average Bonchev–Trinajstić information content (AvgIpc) is 3.10. The quantitative estimate of drug-likeness (QED) is 0.490. The summed E-state index contributed by atoms with van der Waals surface area (Å²) in [4.78, 5) is 34.8. The molecular weight excluding hydrogens is 424 g/mol. The van der Waals surface area contributed by atoms with Gasteiger partial charge in [-0.2, -0.15) is 4.98 Å². The van der Waals surface area contributed by atoms with E-state index >= 15 is 0 Å². The van der Waals surface area contributed by atoms with Crippen LogP contribution in [-0.4, -0.2) is 54.4 Å². The van der Waals surface area contributed by atoms with Crippen LogP contribution in [0.4, 0.5) is 11.6 Å². The Balaban J connectivity index is 1.45. The van der Waals surface area contributed by atoms with E-state index in [4.69, 9.17) is 9.47 Å². The maximum absolute atomic E-state index is 12.9. The van der Waals surface area contributed by atoms with Crippen molar-refractivity contribution in [2.75, 3.05) is 25.6 Å². The molecule has 4 aromatic rings. The maximum atomic E-state index is 12.9. The molecule has 0 unspecified atom stereocenters. The molecule has 33 heavy (non-hydrogen) atoms. The SMILES string of the molecule is COc1ncc(-c2cc(C)c(Nc3ncc4c(n3)n(C3CCOCC3)c(=O)n4C)cn2)cn1. The first kappa shape index (κ1) is 21.0. The van der Waals surface area contributed by atoms with Gasteiger partial charge in [0, 0.05) is 44.3 Å². The number of aryl methyl sites for hydroxylation is 2. The van der Waals surface area contributed by atoms with Crippen molar-refractivity contribution in [2.45, 2.75) is 25.8 Å². The summed E-state index contributed by atoms with van der Waals surface area (Å²) in [5.74, 6) is 0.402. The number of ether oxygens (including phenoxy) is 2. The van der Waals surface area contributed by atoms with Crippen molar-refractivity contribution in [3.8, 4) is 17.3 Å². The molecule has 5 rings (SSSR count). The summed E-state index contributed by atoms with van der Waals surface area (Å²) < 4.78 is 13.8. The molecule has 0 radical (unpaired) electrons. The van der Waals surface area contributed by atoms with Gasteiger partial charge in [0.25, 0.3) is 0 Å². The summed E-state index contributed by atoms with van der Waals surface area (Å²) in [6, 6.07) is 2.31. The van der Waals surface area contributed by atoms with E-state index in [0.29, 0.717) is 36.3 Å². The summed E-state index contributed by atoms with van der Waals surface area (Å²) in [5.41, 5.74) is 4.47. The van der Waals surface area contributed by atoms with Crippen LogP contribution < -0.4 is 15.7 Å². The fraction of sp³-hybridized carbons (Fsp3) is 0.364. The van der Waals surface area contributed by atoms with Crippen molar-refractivity contribution in [3.05, 3.63) is 46.9 Å². The Kier molecular flexibility index (Phi) is 5.47. The van der Waals surface area contributed by atoms with Gasteiger partial charge in [-0.3, -0.25) is 14.1 Å². The van der Waals surface area contributed by atoms with Gasteiger partial charge >= 0.3 is 11.7 Å². The monoisotopic (exact) mass is 448 g/mol. The zero-order valence-electron chi connectivity index (χ0n) is 18.6. The zero-order valence-corrected chi connectivity index (χ0v) is 18.6. The smallest absolute Gasteiger partial charge is 0.330 e. The number of rotatable bonds is 5. The Morgan fingerprint density at radius 3 is 2.55 bits per heavy atom. The predicted molar refractivity (Wildman–Crippen MR) is 122 cm³/mol. The molecule has 11 nitrogen and oxygen atoms in total. The molecule has 1 aliphatic heterocycles. The number of methoxy groups -OCH3 is 1. The first-order valence-electron chi connectivity index (χ1n) is 10.7. The second-order valence-corrected chi connectivity index (χ2v) is 7.93. The summed E-state index contributed by atoms with van der Waals surface area (Å²) in [6.45, 7) is 3.25. The molecule has 5 heterocycles. The van der Waals surface area contributed by atoms with E-state index in [-0.39, 0.29) is 11.7 Å². The summed E-state index contributed by atoms with van der Waals surface area (Å²) in [5, 5.41) is 3.23. The maximum Gasteiger partial charge on any atom is 0.330 e. The normalized spacial score (nSPS) is 14.5. The third kappa shape index (κ3) is 3.91. The van der Waals surface area contributed by atoms with Gasteiger partial charge in [0.15, 0.2) is 5.65 Å². The van der Waals surface area contributed by atoms with E-state index in [1.54, 1.807) is 41.0 Å². The van der Waals surface area contributed by atoms with Crippen molar-refractivity contribution >= 4 is 22.8 Å². The zero-order chi connectivity index (χ0) is 22.9. The highest BCUT2D eigenvalue weighted by molar-refractivity contribution is 5.73. The first-order chi connectivity index (χ1) is 16.0. The molecule has 0 atom stereocenters. The highest BCUT2D eigenvalue weighted by Crippen LogP contribution is 2.26. The molecule has 1 fully saturated rings. The number of nitrogens with one attached hydrogen (secondary N) is 1. The van der Waals surface area contributed by atoms with Crippen LogP contribution in [-0.2, 0) is 11.8 Å². The minimum absolute atomic E-state index is 0.0621. The van der Waals surface area contributed by atoms with E-state index in [1.807, 2.05) is 13.0 Å². The van der Waals surface area contributed by atoms with Crippen LogP contribution in [0.25, 0.3) is 22.4 Å². The molecule has 1 N–H and O–H groups in total. The molecule has 0 aromatic carbocycles. The largest absolute Gasteiger partial charge is 0.467 e. The number of imidazole rings is 1. The third-order valence-electron chi connectivity index (χ3n) is 5.85. The molecule has 0 spiro atoms. The van der Waals surface area contributed by atoms with Crippen LogP contribution in [0.3, 0.4) is 0 Å². The van der Waals surface area contributed by atoms with Gasteiger partial charge in [0.1, 0.15) is 5.52 Å². The Hall–Kier alpha value is -3.86. The number of nitrogens with zero attached hydrogens (tertiary/aromatic N) is 7. The van der Waals surface area contributed by atoms with Crippen LogP contribution >= 0.6 is 0 Å². The number of hydrogen-bond donors (Lipinski definition) is 1. The van der Waals surface area contributed by atoms with Gasteiger partial charge in [-0.1, -0.05) is 0 Å². The Morgan fingerprint density at radius 2 is 1.85 bits per heavy atom. The lowest BCUT2D eigenvalue weighted by Crippen LogP contribution is -2.30. The molecule has 0 aliphatic carbocycles. The van der Waals surface area contributed by atoms with E-state index in [1.165, 1.54) is 7.11 Å². The van der Waals surface area contributed by atoms with E-state index in [0.717, 1.165) is 35.3 Å². The first-order valence-corrected chi connectivity index (χ1v) is 10.7. The van der Waals surface area contributed by atoms with E-state index in [9.17, 15) is 4.79 Å². The van der Waals surface area contributed by atoms with Crippen molar-refractivity contribution in [3.63, 3.8) is 0 Å². The molecule has 0 amide bonds. The van der Waals surface area contributed by atoms with Crippen molar-refractivity contribution in [1.82, 2.24) is 34.1 Å². The fourth-order valence-corrected chi connectivity index (χ4v) is 3.99. The van der Waals surface area contributed by atoms with Crippen molar-refractivity contribution in [2.24, 2.45) is 7.05 Å². The fourth-order valence-electron chi connectivity index (χ4n) is 3.99. The van der Waals surface area contributed by atoms with Gasteiger partial charge < -0.3 is 14.8 Å². The summed E-state index contributed by atoms with van der Waals surface area (Å²) in [6.07, 6.45) is 8.30. The second-order valence-electron chi connectivity index (χ2n) is 7.93. The molecule has 1 saturated heterocycles. The summed E-state index contributed by atoms with van der Waals surface area (Å²) >= 11 is 0. The minimum Gasteiger partial charge on any atom is -0.467 e. The molecule has 170 valence electrons. The summed E-state index contributed by atoms with van der Waals surface area (Å²) in [7, 11) is 3.27. The number of aromatic nitrogens is 7. The van der Waals surface area contributed by atoms with Crippen molar-refractivity contribution < 1.29 is 9.47 Å². The lowest BCUT2D eigenvalue weighted by molar-refractivity contribution is 0.0695. The molecule has 4 aromatic heterocycles. The standard InChI is InChI=1S/C22H24N8O3/c1-13-8-16(14-9-25-21(32-3)26-10-14)23-11-17(13)27-20-24-12-18-19(28-20)30(22(31)29(18)2)15-4-6-33-7-5-15/h8-12,15H,4-7H2,1-3H3,(H,24,27,28). The average molecular weight is 448 g/mol. The molecule has 0 bridgehead atoms. The van der Waals surface area contributed by atoms with Crippen LogP contribution in [0.15, 0.2) is 35.6 Å². The predicted octanol–water partition coefficient (Wildman–Crippen LogP) is 2.39. The number of fused-ring (bicyclic) bond motifs is 1. The molecule has 1 aliphatic rings. The molecule has 0 saturated carbocycles. The Morgan fingerprint density at radius 1 is 1.09 bits per heavy atom. The molecular formula is C22H24N8O3. The van der Waals surface area contributed by atoms with Gasteiger partial charge in [-0.05, 0) is 31.4 Å². The van der Waals surface area contributed by atoms with Gasteiger partial charge in [-0.15, -0.1) is 0 Å². The lowest BCUT2D eigenvalue weighted by Gasteiger charge is -2.22. The highest BCUT2D eigenvalue weighted by atomic mass is 16.5. The van der Waals surface area contributed by atoms with Gasteiger partial charge in [0.05, 0.1) is 30.9 Å².